The predicted molar refractivity (Wildman–Crippen MR) is 95.8 cm³/mol. The van der Waals surface area contributed by atoms with E-state index in [1.165, 1.54) is 12.1 Å². The number of nitrogens with one attached hydrogen (secondary N) is 1. The highest BCUT2D eigenvalue weighted by atomic mass is 35.5. The van der Waals surface area contributed by atoms with Crippen molar-refractivity contribution in [3.8, 4) is 11.5 Å². The van der Waals surface area contributed by atoms with Crippen LogP contribution >= 0.6 is 11.6 Å². The van der Waals surface area contributed by atoms with E-state index in [-0.39, 0.29) is 23.1 Å². The van der Waals surface area contributed by atoms with Crippen molar-refractivity contribution in [3.05, 3.63) is 34.9 Å². The molecular formula is C18H21ClFN3O4. The Labute approximate surface area is 161 Å². The number of ether oxygens (including phenoxy) is 2. The van der Waals surface area contributed by atoms with E-state index < -0.39 is 17.5 Å². The molecule has 7 nitrogen and oxygen atoms in total. The summed E-state index contributed by atoms with van der Waals surface area (Å²) in [4.78, 5) is 11.8. The van der Waals surface area contributed by atoms with Gasteiger partial charge in [0.05, 0.1) is 17.7 Å². The van der Waals surface area contributed by atoms with Crippen LogP contribution in [0.1, 0.15) is 45.6 Å². The molecule has 0 unspecified atom stereocenters. The monoisotopic (exact) mass is 397 g/mol. The average Bonchev–Trinajstić information content (AvgIpc) is 3.06. The zero-order valence-electron chi connectivity index (χ0n) is 15.3. The molecule has 1 aliphatic heterocycles. The van der Waals surface area contributed by atoms with Gasteiger partial charge in [0.15, 0.2) is 0 Å². The normalized spacial score (nSPS) is 20.3. The van der Waals surface area contributed by atoms with Gasteiger partial charge in [-0.05, 0) is 51.8 Å². The summed E-state index contributed by atoms with van der Waals surface area (Å²) in [6, 6.07) is 4.12. The SMILES string of the molecule is CC(C)(C)OC(=O)N[C@@H]1CC[C@@H](c2nnc(-c3ccc(Cl)c(F)c3)o2)OC1. The third-order valence-corrected chi connectivity index (χ3v) is 4.19. The molecule has 146 valence electrons. The minimum Gasteiger partial charge on any atom is -0.444 e. The van der Waals surface area contributed by atoms with Gasteiger partial charge in [-0.2, -0.15) is 0 Å². The molecular weight excluding hydrogens is 377 g/mol. The minimum absolute atomic E-state index is 0.0256. The molecule has 27 heavy (non-hydrogen) atoms. The Kier molecular flexibility index (Phi) is 5.67. The first-order valence-corrected chi connectivity index (χ1v) is 8.99. The highest BCUT2D eigenvalue weighted by molar-refractivity contribution is 6.30. The Hall–Kier alpha value is -2.19. The van der Waals surface area contributed by atoms with Crippen LogP contribution in [0.5, 0.6) is 0 Å². The topological polar surface area (TPSA) is 86.5 Å². The number of carbonyl (C=O) groups is 1. The molecule has 3 rings (SSSR count). The fourth-order valence-corrected chi connectivity index (χ4v) is 2.76. The zero-order valence-corrected chi connectivity index (χ0v) is 16.0. The van der Waals surface area contributed by atoms with E-state index in [0.29, 0.717) is 30.9 Å². The minimum atomic E-state index is -0.557. The summed E-state index contributed by atoms with van der Waals surface area (Å²) in [5, 5.41) is 10.7. The number of carbonyl (C=O) groups excluding carboxylic acids is 1. The molecule has 1 aromatic heterocycles. The Morgan fingerprint density at radius 1 is 1.33 bits per heavy atom. The van der Waals surface area contributed by atoms with E-state index in [1.54, 1.807) is 26.8 Å². The second-order valence-corrected chi connectivity index (χ2v) is 7.72. The van der Waals surface area contributed by atoms with Crippen molar-refractivity contribution in [2.45, 2.75) is 51.4 Å². The van der Waals surface area contributed by atoms with E-state index in [0.717, 1.165) is 0 Å². The van der Waals surface area contributed by atoms with E-state index >= 15 is 0 Å². The molecule has 9 heteroatoms. The van der Waals surface area contributed by atoms with Crippen LogP contribution in [0.3, 0.4) is 0 Å². The molecule has 1 N–H and O–H groups in total. The summed E-state index contributed by atoms with van der Waals surface area (Å²) < 4.78 is 30.2. The van der Waals surface area contributed by atoms with Gasteiger partial charge in [0.25, 0.3) is 0 Å². The molecule has 0 radical (unpaired) electrons. The smallest absolute Gasteiger partial charge is 0.407 e. The maximum absolute atomic E-state index is 13.6. The second kappa shape index (κ2) is 7.82. The zero-order chi connectivity index (χ0) is 19.6. The molecule has 2 heterocycles. The first-order chi connectivity index (χ1) is 12.7. The predicted octanol–water partition coefficient (Wildman–Crippen LogP) is 4.27. The molecule has 0 spiro atoms. The van der Waals surface area contributed by atoms with Crippen LogP contribution in [0.15, 0.2) is 22.6 Å². The van der Waals surface area contributed by atoms with Crippen LogP contribution in [0.25, 0.3) is 11.5 Å². The largest absolute Gasteiger partial charge is 0.444 e. The standard InChI is InChI=1S/C18H21ClFN3O4/c1-18(2,3)27-17(24)21-11-5-7-14(25-9-11)16-23-22-15(26-16)10-4-6-12(19)13(20)8-10/h4,6,8,11,14H,5,7,9H2,1-3H3,(H,21,24)/t11-,14+/m1/s1. The Bertz CT molecular complexity index is 813. The second-order valence-electron chi connectivity index (χ2n) is 7.32. The van der Waals surface area contributed by atoms with Crippen LogP contribution in [0.4, 0.5) is 9.18 Å². The summed E-state index contributed by atoms with van der Waals surface area (Å²) in [6.45, 7) is 5.72. The van der Waals surface area contributed by atoms with Crippen LogP contribution in [-0.2, 0) is 9.47 Å². The number of halogens is 2. The molecule has 2 aromatic rings. The first-order valence-electron chi connectivity index (χ1n) is 8.61. The van der Waals surface area contributed by atoms with Crippen molar-refractivity contribution in [2.75, 3.05) is 6.61 Å². The lowest BCUT2D eigenvalue weighted by molar-refractivity contribution is -0.0217. The Morgan fingerprint density at radius 3 is 2.74 bits per heavy atom. The van der Waals surface area contributed by atoms with Crippen molar-refractivity contribution in [1.82, 2.24) is 15.5 Å². The quantitative estimate of drug-likeness (QED) is 0.832. The molecule has 1 fully saturated rings. The van der Waals surface area contributed by atoms with Gasteiger partial charge in [0.1, 0.15) is 17.5 Å². The van der Waals surface area contributed by atoms with Crippen LogP contribution in [-0.4, -0.2) is 34.5 Å². The van der Waals surface area contributed by atoms with Crippen LogP contribution in [0.2, 0.25) is 5.02 Å². The maximum atomic E-state index is 13.6. The fraction of sp³-hybridized carbons (Fsp3) is 0.500. The number of hydrogen-bond donors (Lipinski definition) is 1. The lowest BCUT2D eigenvalue weighted by Crippen LogP contribution is -2.43. The molecule has 1 saturated heterocycles. The van der Waals surface area contributed by atoms with E-state index in [9.17, 15) is 9.18 Å². The fourth-order valence-electron chi connectivity index (χ4n) is 2.64. The van der Waals surface area contributed by atoms with Gasteiger partial charge < -0.3 is 19.2 Å². The van der Waals surface area contributed by atoms with Crippen molar-refractivity contribution in [1.29, 1.82) is 0 Å². The number of benzene rings is 1. The highest BCUT2D eigenvalue weighted by Gasteiger charge is 2.29. The summed E-state index contributed by atoms with van der Waals surface area (Å²) in [7, 11) is 0. The lowest BCUT2D eigenvalue weighted by Gasteiger charge is -2.28. The summed E-state index contributed by atoms with van der Waals surface area (Å²) in [6.07, 6.45) is 0.424. The van der Waals surface area contributed by atoms with Gasteiger partial charge in [-0.25, -0.2) is 9.18 Å². The molecule has 0 saturated carbocycles. The van der Waals surface area contributed by atoms with Crippen LogP contribution in [0, 0.1) is 5.82 Å². The third kappa shape index (κ3) is 5.17. The third-order valence-electron chi connectivity index (χ3n) is 3.88. The summed E-state index contributed by atoms with van der Waals surface area (Å²) >= 11 is 5.68. The average molecular weight is 398 g/mol. The molecule has 1 amide bonds. The summed E-state index contributed by atoms with van der Waals surface area (Å²) in [5.41, 5.74) is -0.111. The van der Waals surface area contributed by atoms with Crippen molar-refractivity contribution in [2.24, 2.45) is 0 Å². The van der Waals surface area contributed by atoms with Gasteiger partial charge in [-0.15, -0.1) is 10.2 Å². The Balaban J connectivity index is 1.56. The van der Waals surface area contributed by atoms with Gasteiger partial charge in [-0.1, -0.05) is 11.6 Å². The Morgan fingerprint density at radius 2 is 2.11 bits per heavy atom. The number of amides is 1. The molecule has 1 aliphatic rings. The van der Waals surface area contributed by atoms with Crippen molar-refractivity contribution >= 4 is 17.7 Å². The number of hydrogen-bond acceptors (Lipinski definition) is 6. The number of aromatic nitrogens is 2. The van der Waals surface area contributed by atoms with Gasteiger partial charge in [0.2, 0.25) is 11.8 Å². The van der Waals surface area contributed by atoms with Gasteiger partial charge in [0, 0.05) is 5.56 Å². The molecule has 0 aliphatic carbocycles. The van der Waals surface area contributed by atoms with Crippen LogP contribution < -0.4 is 5.32 Å². The molecule has 1 aromatic carbocycles. The maximum Gasteiger partial charge on any atom is 0.407 e. The molecule has 2 atom stereocenters. The number of nitrogens with zero attached hydrogens (tertiary/aromatic N) is 2. The van der Waals surface area contributed by atoms with Gasteiger partial charge >= 0.3 is 6.09 Å². The lowest BCUT2D eigenvalue weighted by atomic mass is 10.1. The van der Waals surface area contributed by atoms with Gasteiger partial charge in [-0.3, -0.25) is 0 Å². The van der Waals surface area contributed by atoms with E-state index in [4.69, 9.17) is 25.5 Å². The molecule has 0 bridgehead atoms. The van der Waals surface area contributed by atoms with E-state index in [1.807, 2.05) is 0 Å². The van der Waals surface area contributed by atoms with E-state index in [2.05, 4.69) is 15.5 Å². The summed E-state index contributed by atoms with van der Waals surface area (Å²) in [5.74, 6) is -0.0480. The van der Waals surface area contributed by atoms with Crippen molar-refractivity contribution in [3.63, 3.8) is 0 Å². The van der Waals surface area contributed by atoms with Crippen molar-refractivity contribution < 1.29 is 23.1 Å². The highest BCUT2D eigenvalue weighted by Crippen LogP contribution is 2.30. The number of alkyl carbamates (subject to hydrolysis) is 1. The first kappa shape index (κ1) is 19.6. The number of rotatable bonds is 3.